The first kappa shape index (κ1) is 24.7. The molecule has 0 spiro atoms. The van der Waals surface area contributed by atoms with Crippen LogP contribution >= 0.6 is 0 Å². The Balaban J connectivity index is 1.15. The number of sulfonamides is 1. The van der Waals surface area contributed by atoms with Gasteiger partial charge in [-0.1, -0.05) is 29.8 Å². The zero-order valence-electron chi connectivity index (χ0n) is 19.9. The Morgan fingerprint density at radius 2 is 1.74 bits per heavy atom. The highest BCUT2D eigenvalue weighted by atomic mass is 32.2. The molecule has 8 heteroatoms. The number of nitrogens with zero attached hydrogens (tertiary/aromatic N) is 2. The number of nitrogens with one attached hydrogen (secondary N) is 1. The zero-order chi connectivity index (χ0) is 24.0. The molecule has 7 nitrogen and oxygen atoms in total. The van der Waals surface area contributed by atoms with Gasteiger partial charge >= 0.3 is 0 Å². The van der Waals surface area contributed by atoms with Crippen molar-refractivity contribution in [1.82, 2.24) is 14.5 Å². The molecule has 0 bridgehead atoms. The third kappa shape index (κ3) is 6.37. The van der Waals surface area contributed by atoms with Crippen molar-refractivity contribution in [2.24, 2.45) is 5.92 Å². The summed E-state index contributed by atoms with van der Waals surface area (Å²) in [4.78, 5) is 15.3. The minimum absolute atomic E-state index is 0.0452. The lowest BCUT2D eigenvalue weighted by Gasteiger charge is -2.31. The van der Waals surface area contributed by atoms with Gasteiger partial charge in [-0.15, -0.1) is 0 Å². The van der Waals surface area contributed by atoms with Gasteiger partial charge in [-0.2, -0.15) is 4.31 Å². The maximum absolute atomic E-state index is 12.6. The van der Waals surface area contributed by atoms with Crippen molar-refractivity contribution in [3.63, 3.8) is 0 Å². The standard InChI is InChI=1S/C26H35N3O4S/c1-21-5-4-6-22(19-21)20-28-16-11-23(12-17-28)26(30)27-13-18-33-24-7-9-25(10-8-24)34(31,32)29-14-2-3-15-29/h4-10,19,23H,2-3,11-18,20H2,1H3,(H,27,30). The van der Waals surface area contributed by atoms with Crippen LogP contribution in [-0.2, 0) is 21.4 Å². The maximum Gasteiger partial charge on any atom is 0.243 e. The fourth-order valence-electron chi connectivity index (χ4n) is 4.69. The van der Waals surface area contributed by atoms with Gasteiger partial charge in [0.1, 0.15) is 12.4 Å². The van der Waals surface area contributed by atoms with Crippen LogP contribution in [0, 0.1) is 12.8 Å². The van der Waals surface area contributed by atoms with E-state index in [-0.39, 0.29) is 11.8 Å². The van der Waals surface area contributed by atoms with Gasteiger partial charge in [-0.05, 0) is 75.5 Å². The first-order valence-electron chi connectivity index (χ1n) is 12.2. The first-order valence-corrected chi connectivity index (χ1v) is 13.6. The second-order valence-electron chi connectivity index (χ2n) is 9.26. The average molecular weight is 486 g/mol. The van der Waals surface area contributed by atoms with Crippen LogP contribution in [0.25, 0.3) is 0 Å². The highest BCUT2D eigenvalue weighted by Gasteiger charge is 2.27. The molecule has 2 heterocycles. The zero-order valence-corrected chi connectivity index (χ0v) is 20.7. The van der Waals surface area contributed by atoms with Gasteiger partial charge in [0.05, 0.1) is 11.4 Å². The second kappa shape index (κ2) is 11.3. The Labute approximate surface area is 203 Å². The summed E-state index contributed by atoms with van der Waals surface area (Å²) in [7, 11) is -3.41. The summed E-state index contributed by atoms with van der Waals surface area (Å²) in [6.07, 6.45) is 3.56. The number of rotatable bonds is 9. The molecule has 2 aliphatic heterocycles. The Hall–Kier alpha value is -2.42. The Morgan fingerprint density at radius 3 is 2.41 bits per heavy atom. The third-order valence-electron chi connectivity index (χ3n) is 6.64. The number of hydrogen-bond acceptors (Lipinski definition) is 5. The van der Waals surface area contributed by atoms with Crippen molar-refractivity contribution in [3.8, 4) is 5.75 Å². The van der Waals surface area contributed by atoms with Crippen LogP contribution in [0.1, 0.15) is 36.8 Å². The number of ether oxygens (including phenoxy) is 1. The second-order valence-corrected chi connectivity index (χ2v) is 11.2. The molecule has 0 aromatic heterocycles. The van der Waals surface area contributed by atoms with Gasteiger partial charge in [-0.3, -0.25) is 9.69 Å². The van der Waals surface area contributed by atoms with Crippen molar-refractivity contribution < 1.29 is 17.9 Å². The van der Waals surface area contributed by atoms with Crippen molar-refractivity contribution in [2.75, 3.05) is 39.3 Å². The van der Waals surface area contributed by atoms with Crippen LogP contribution in [-0.4, -0.2) is 62.9 Å². The summed E-state index contributed by atoms with van der Waals surface area (Å²) in [6, 6.07) is 15.1. The molecule has 2 fully saturated rings. The molecule has 0 atom stereocenters. The van der Waals surface area contributed by atoms with E-state index in [9.17, 15) is 13.2 Å². The molecule has 0 unspecified atom stereocenters. The number of carbonyl (C=O) groups excluding carboxylic acids is 1. The summed E-state index contributed by atoms with van der Waals surface area (Å²) in [5, 5.41) is 2.98. The van der Waals surface area contributed by atoms with E-state index in [0.717, 1.165) is 45.3 Å². The normalized spacial score (nSPS) is 18.1. The number of amides is 1. The lowest BCUT2D eigenvalue weighted by atomic mass is 9.95. The van der Waals surface area contributed by atoms with E-state index in [1.165, 1.54) is 15.4 Å². The fraction of sp³-hybridized carbons (Fsp3) is 0.500. The number of likely N-dealkylation sites (tertiary alicyclic amines) is 1. The molecule has 184 valence electrons. The van der Waals surface area contributed by atoms with Crippen LogP contribution in [0.2, 0.25) is 0 Å². The minimum atomic E-state index is -3.41. The monoisotopic (exact) mass is 485 g/mol. The van der Waals surface area contributed by atoms with Gasteiger partial charge in [0.2, 0.25) is 15.9 Å². The molecule has 34 heavy (non-hydrogen) atoms. The van der Waals surface area contributed by atoms with E-state index in [4.69, 9.17) is 4.74 Å². The molecular weight excluding hydrogens is 450 g/mol. The van der Waals surface area contributed by atoms with Crippen molar-refractivity contribution in [1.29, 1.82) is 0 Å². The van der Waals surface area contributed by atoms with Crippen molar-refractivity contribution in [3.05, 3.63) is 59.7 Å². The Bertz CT molecular complexity index is 1060. The van der Waals surface area contributed by atoms with Gasteiger partial charge in [-0.25, -0.2) is 8.42 Å². The molecular formula is C26H35N3O4S. The predicted octanol–water partition coefficient (Wildman–Crippen LogP) is 3.19. The van der Waals surface area contributed by atoms with Gasteiger partial charge in [0.25, 0.3) is 0 Å². The smallest absolute Gasteiger partial charge is 0.243 e. The van der Waals surface area contributed by atoms with E-state index in [1.54, 1.807) is 24.3 Å². The molecule has 0 radical (unpaired) electrons. The first-order chi connectivity index (χ1) is 16.4. The maximum atomic E-state index is 12.6. The molecule has 1 amide bonds. The molecule has 0 saturated carbocycles. The summed E-state index contributed by atoms with van der Waals surface area (Å²) >= 11 is 0. The van der Waals surface area contributed by atoms with Crippen LogP contribution < -0.4 is 10.1 Å². The molecule has 1 N–H and O–H groups in total. The number of benzene rings is 2. The molecule has 2 aliphatic rings. The van der Waals surface area contributed by atoms with Crippen LogP contribution in [0.3, 0.4) is 0 Å². The molecule has 0 aliphatic carbocycles. The Kier molecular flexibility index (Phi) is 8.24. The summed E-state index contributed by atoms with van der Waals surface area (Å²) < 4.78 is 32.4. The lowest BCUT2D eigenvalue weighted by Crippen LogP contribution is -2.41. The van der Waals surface area contributed by atoms with Crippen molar-refractivity contribution in [2.45, 2.75) is 44.0 Å². The topological polar surface area (TPSA) is 79.0 Å². The molecule has 2 aromatic rings. The van der Waals surface area contributed by atoms with Crippen LogP contribution in [0.4, 0.5) is 0 Å². The molecule has 2 aromatic carbocycles. The van der Waals surface area contributed by atoms with E-state index < -0.39 is 10.0 Å². The van der Waals surface area contributed by atoms with Gasteiger partial charge in [0, 0.05) is 25.6 Å². The fourth-order valence-corrected chi connectivity index (χ4v) is 6.21. The van der Waals surface area contributed by atoms with Gasteiger partial charge in [0.15, 0.2) is 0 Å². The molecule has 2 saturated heterocycles. The number of piperidine rings is 1. The van der Waals surface area contributed by atoms with E-state index in [2.05, 4.69) is 41.4 Å². The number of aryl methyl sites for hydroxylation is 1. The quantitative estimate of drug-likeness (QED) is 0.552. The largest absolute Gasteiger partial charge is 0.492 e. The van der Waals surface area contributed by atoms with Crippen molar-refractivity contribution >= 4 is 15.9 Å². The van der Waals surface area contributed by atoms with Crippen LogP contribution in [0.5, 0.6) is 5.75 Å². The Morgan fingerprint density at radius 1 is 1.03 bits per heavy atom. The highest BCUT2D eigenvalue weighted by Crippen LogP contribution is 2.23. The molecule has 4 rings (SSSR count). The van der Waals surface area contributed by atoms with E-state index >= 15 is 0 Å². The number of carbonyl (C=O) groups is 1. The summed E-state index contributed by atoms with van der Waals surface area (Å²) in [5.74, 6) is 0.730. The lowest BCUT2D eigenvalue weighted by molar-refractivity contribution is -0.126. The number of hydrogen-bond donors (Lipinski definition) is 1. The highest BCUT2D eigenvalue weighted by molar-refractivity contribution is 7.89. The third-order valence-corrected chi connectivity index (χ3v) is 8.56. The SMILES string of the molecule is Cc1cccc(CN2CCC(C(=O)NCCOc3ccc(S(=O)(=O)N4CCCC4)cc3)CC2)c1. The average Bonchev–Trinajstić information content (AvgIpc) is 3.39. The summed E-state index contributed by atoms with van der Waals surface area (Å²) in [5.41, 5.74) is 2.60. The van der Waals surface area contributed by atoms with Crippen LogP contribution in [0.15, 0.2) is 53.4 Å². The summed E-state index contributed by atoms with van der Waals surface area (Å²) in [6.45, 7) is 6.84. The van der Waals surface area contributed by atoms with E-state index in [1.807, 2.05) is 0 Å². The predicted molar refractivity (Wildman–Crippen MR) is 132 cm³/mol. The van der Waals surface area contributed by atoms with Gasteiger partial charge < -0.3 is 10.1 Å². The minimum Gasteiger partial charge on any atom is -0.492 e. The van der Waals surface area contributed by atoms with E-state index in [0.29, 0.717) is 36.9 Å².